The molecule has 2 atom stereocenters. The molecule has 194 valence electrons. The first-order chi connectivity index (χ1) is 17.0. The Morgan fingerprint density at radius 1 is 1.22 bits per heavy atom. The maximum Gasteiger partial charge on any atom is 0.236 e. The number of carbonyl (C=O) groups is 1. The van der Waals surface area contributed by atoms with E-state index in [0.717, 1.165) is 5.69 Å². The van der Waals surface area contributed by atoms with Crippen LogP contribution in [0.5, 0.6) is 5.88 Å². The maximum absolute atomic E-state index is 14.6. The second-order valence-electron chi connectivity index (χ2n) is 9.10. The second kappa shape index (κ2) is 11.7. The number of carbonyl (C=O) groups excluding carboxylic acids is 1. The normalized spacial score (nSPS) is 13.2. The van der Waals surface area contributed by atoms with Crippen LogP contribution in [-0.2, 0) is 28.7 Å². The number of nitrogens with one attached hydrogen (secondary N) is 1. The Kier molecular flexibility index (Phi) is 8.97. The lowest BCUT2D eigenvalue weighted by molar-refractivity contribution is -0.118. The number of benzene rings is 1. The van der Waals surface area contributed by atoms with Crippen LogP contribution < -0.4 is 9.46 Å². The molecule has 8 nitrogen and oxygen atoms in total. The van der Waals surface area contributed by atoms with Crippen LogP contribution in [0.3, 0.4) is 0 Å². The van der Waals surface area contributed by atoms with Crippen LogP contribution in [0.4, 0.5) is 4.39 Å². The third-order valence-corrected chi connectivity index (χ3v) is 7.14. The van der Waals surface area contributed by atoms with Gasteiger partial charge in [0.25, 0.3) is 0 Å². The third-order valence-electron chi connectivity index (χ3n) is 6.15. The van der Waals surface area contributed by atoms with Crippen molar-refractivity contribution in [3.05, 3.63) is 59.2 Å². The molecule has 0 aliphatic carbocycles. The van der Waals surface area contributed by atoms with E-state index in [4.69, 9.17) is 4.74 Å². The van der Waals surface area contributed by atoms with Gasteiger partial charge in [0.05, 0.1) is 19.2 Å². The number of pyridine rings is 1. The van der Waals surface area contributed by atoms with Crippen LogP contribution >= 0.6 is 0 Å². The zero-order chi connectivity index (χ0) is 26.6. The van der Waals surface area contributed by atoms with Gasteiger partial charge in [-0.1, -0.05) is 13.8 Å². The first-order valence-corrected chi connectivity index (χ1v) is 13.0. The number of rotatable bonds is 10. The zero-order valence-electron chi connectivity index (χ0n) is 21.8. The minimum atomic E-state index is -1.84. The molecule has 3 rings (SSSR count). The van der Waals surface area contributed by atoms with E-state index in [1.54, 1.807) is 29.1 Å². The number of nitrogens with zero attached hydrogens (tertiary/aromatic N) is 4. The quantitative estimate of drug-likeness (QED) is 0.435. The molecule has 2 heterocycles. The van der Waals surface area contributed by atoms with Crippen molar-refractivity contribution in [1.82, 2.24) is 24.4 Å². The monoisotopic (exact) mass is 515 g/mol. The fourth-order valence-corrected chi connectivity index (χ4v) is 4.80. The molecule has 0 spiro atoms. The molecule has 0 fully saturated rings. The summed E-state index contributed by atoms with van der Waals surface area (Å²) >= 11 is 0. The summed E-state index contributed by atoms with van der Waals surface area (Å²) in [6, 6.07) is 8.11. The molecular formula is C26H34FN5O3S. The fraction of sp³-hybridized carbons (Fsp3) is 0.423. The molecule has 0 bridgehead atoms. The van der Waals surface area contributed by atoms with Crippen molar-refractivity contribution in [1.29, 1.82) is 0 Å². The van der Waals surface area contributed by atoms with Gasteiger partial charge in [0, 0.05) is 24.8 Å². The lowest BCUT2D eigenvalue weighted by atomic mass is 9.88. The maximum atomic E-state index is 14.6. The Morgan fingerprint density at radius 3 is 2.56 bits per heavy atom. The lowest BCUT2D eigenvalue weighted by Gasteiger charge is -2.20. The predicted molar refractivity (Wildman–Crippen MR) is 139 cm³/mol. The molecule has 2 aromatic heterocycles. The highest BCUT2D eigenvalue weighted by Gasteiger charge is 2.22. The first-order valence-electron chi connectivity index (χ1n) is 11.8. The molecule has 10 heteroatoms. The molecule has 0 aliphatic rings. The van der Waals surface area contributed by atoms with Gasteiger partial charge in [0.1, 0.15) is 5.82 Å². The van der Waals surface area contributed by atoms with Crippen molar-refractivity contribution in [3.63, 3.8) is 0 Å². The number of amides is 1. The van der Waals surface area contributed by atoms with Crippen LogP contribution in [0.25, 0.3) is 11.1 Å². The van der Waals surface area contributed by atoms with E-state index in [1.165, 1.54) is 19.2 Å². The van der Waals surface area contributed by atoms with Gasteiger partial charge in [0.2, 0.25) is 11.8 Å². The van der Waals surface area contributed by atoms with Gasteiger partial charge in [-0.05, 0) is 80.4 Å². The summed E-state index contributed by atoms with van der Waals surface area (Å²) in [5.41, 5.74) is 3.53. The highest BCUT2D eigenvalue weighted by Crippen LogP contribution is 2.33. The molecule has 0 aliphatic heterocycles. The average molecular weight is 516 g/mol. The van der Waals surface area contributed by atoms with Crippen molar-refractivity contribution >= 4 is 16.9 Å². The van der Waals surface area contributed by atoms with E-state index < -0.39 is 22.7 Å². The summed E-state index contributed by atoms with van der Waals surface area (Å²) in [7, 11) is 3.58. The summed E-state index contributed by atoms with van der Waals surface area (Å²) in [5.74, 6) is -0.498. The summed E-state index contributed by atoms with van der Waals surface area (Å²) < 4.78 is 37.2. The summed E-state index contributed by atoms with van der Waals surface area (Å²) in [4.78, 5) is 19.2. The molecule has 1 amide bonds. The van der Waals surface area contributed by atoms with Crippen molar-refractivity contribution in [2.75, 3.05) is 21.2 Å². The summed E-state index contributed by atoms with van der Waals surface area (Å²) in [6.07, 6.45) is 1.50. The Morgan fingerprint density at radius 2 is 1.94 bits per heavy atom. The van der Waals surface area contributed by atoms with E-state index in [0.29, 0.717) is 34.7 Å². The number of ether oxygens (including phenoxy) is 1. The van der Waals surface area contributed by atoms with E-state index >= 15 is 0 Å². The lowest BCUT2D eigenvalue weighted by Crippen LogP contribution is -2.28. The van der Waals surface area contributed by atoms with Crippen molar-refractivity contribution < 1.29 is 18.1 Å². The van der Waals surface area contributed by atoms with Gasteiger partial charge >= 0.3 is 0 Å². The van der Waals surface area contributed by atoms with Crippen LogP contribution in [-0.4, -0.2) is 51.0 Å². The van der Waals surface area contributed by atoms with Gasteiger partial charge in [-0.15, -0.1) is 0 Å². The molecule has 0 saturated heterocycles. The Balaban J connectivity index is 1.92. The molecule has 0 radical (unpaired) electrons. The molecule has 1 aromatic carbocycles. The van der Waals surface area contributed by atoms with Gasteiger partial charge in [-0.2, -0.15) is 5.10 Å². The minimum Gasteiger partial charge on any atom is -0.481 e. The van der Waals surface area contributed by atoms with Gasteiger partial charge in [0.15, 0.2) is 16.0 Å². The standard InChI is InChI=1S/C26H34FN5O3S/c1-8-32-23(17(4)31(5)6)15-26(29-32)36(34)30-24(33)14-22-20(16(2)3)12-19(27)13-21(22)18-9-10-28-25(11-18)35-7/h9-13,15-17H,8,14H2,1-7H3,(H,30,33). The fourth-order valence-electron chi connectivity index (χ4n) is 4.02. The highest BCUT2D eigenvalue weighted by atomic mass is 32.2. The Bertz CT molecular complexity index is 1260. The van der Waals surface area contributed by atoms with Crippen LogP contribution in [0.2, 0.25) is 0 Å². The van der Waals surface area contributed by atoms with E-state index in [-0.39, 0.29) is 23.4 Å². The molecule has 3 aromatic rings. The number of methoxy groups -OCH3 is 1. The smallest absolute Gasteiger partial charge is 0.236 e. The van der Waals surface area contributed by atoms with Gasteiger partial charge in [-0.25, -0.2) is 13.6 Å². The van der Waals surface area contributed by atoms with E-state index in [2.05, 4.69) is 14.8 Å². The SMILES string of the molecule is CCn1nc(S(=O)NC(=O)Cc2c(-c3ccnc(OC)c3)cc(F)cc2C(C)C)cc1C(C)N(C)C. The average Bonchev–Trinajstić information content (AvgIpc) is 3.28. The number of aromatic nitrogens is 3. The minimum absolute atomic E-state index is 0.0354. The number of halogens is 1. The summed E-state index contributed by atoms with van der Waals surface area (Å²) in [5, 5.41) is 4.73. The predicted octanol–water partition coefficient (Wildman–Crippen LogP) is 4.24. The van der Waals surface area contributed by atoms with Crippen LogP contribution in [0.15, 0.2) is 41.6 Å². The molecular weight excluding hydrogens is 481 g/mol. The molecule has 2 unspecified atom stereocenters. The Labute approximate surface area is 214 Å². The summed E-state index contributed by atoms with van der Waals surface area (Å²) in [6.45, 7) is 8.49. The number of hydrogen-bond donors (Lipinski definition) is 1. The molecule has 36 heavy (non-hydrogen) atoms. The van der Waals surface area contributed by atoms with Gasteiger partial charge < -0.3 is 9.64 Å². The van der Waals surface area contributed by atoms with E-state index in [1.807, 2.05) is 46.7 Å². The first kappa shape index (κ1) is 27.5. The topological polar surface area (TPSA) is 89.3 Å². The molecule has 1 N–H and O–H groups in total. The second-order valence-corrected chi connectivity index (χ2v) is 10.3. The number of hydrogen-bond acceptors (Lipinski definition) is 6. The van der Waals surface area contributed by atoms with Gasteiger partial charge in [-0.3, -0.25) is 14.2 Å². The largest absolute Gasteiger partial charge is 0.481 e. The van der Waals surface area contributed by atoms with E-state index in [9.17, 15) is 13.4 Å². The van der Waals surface area contributed by atoms with Crippen LogP contribution in [0, 0.1) is 5.82 Å². The van der Waals surface area contributed by atoms with Crippen molar-refractivity contribution in [2.24, 2.45) is 0 Å². The van der Waals surface area contributed by atoms with Crippen molar-refractivity contribution in [2.45, 2.75) is 57.6 Å². The Hall–Kier alpha value is -3.11. The highest BCUT2D eigenvalue weighted by molar-refractivity contribution is 7.83. The third kappa shape index (κ3) is 6.17. The molecule has 0 saturated carbocycles. The van der Waals surface area contributed by atoms with Crippen LogP contribution in [0.1, 0.15) is 56.5 Å². The van der Waals surface area contributed by atoms with Crippen molar-refractivity contribution in [3.8, 4) is 17.0 Å². The number of aryl methyl sites for hydroxylation is 1. The zero-order valence-corrected chi connectivity index (χ0v) is 22.6.